The third-order valence-corrected chi connectivity index (χ3v) is 8.36. The van der Waals surface area contributed by atoms with Crippen molar-refractivity contribution in [3.8, 4) is 28.7 Å². The number of carbonyl (C=O) groups is 3. The highest BCUT2D eigenvalue weighted by molar-refractivity contribution is 6.32. The Morgan fingerprint density at radius 1 is 1.00 bits per heavy atom. The number of benzene rings is 3. The predicted molar refractivity (Wildman–Crippen MR) is 156 cm³/mol. The Labute approximate surface area is 269 Å². The van der Waals surface area contributed by atoms with Crippen LogP contribution < -0.4 is 19.5 Å². The largest absolute Gasteiger partial charge is 0.506 e. The van der Waals surface area contributed by atoms with Crippen LogP contribution in [0.1, 0.15) is 34.0 Å². The van der Waals surface area contributed by atoms with Gasteiger partial charge in [0.2, 0.25) is 12.2 Å². The molecule has 0 saturated carbocycles. The Hall–Kier alpha value is -4.31. The number of carbonyl (C=O) groups excluding carboxylic acids is 2. The molecule has 1 fully saturated rings. The fraction of sp³-hybridized carbons (Fsp3) is 0.300. The summed E-state index contributed by atoms with van der Waals surface area (Å²) in [6.07, 6.45) is -5.95. The summed E-state index contributed by atoms with van der Waals surface area (Å²) in [4.78, 5) is 36.9. The molecule has 16 heteroatoms. The summed E-state index contributed by atoms with van der Waals surface area (Å²) in [7, 11) is 0. The van der Waals surface area contributed by atoms with Gasteiger partial charge >= 0.3 is 11.9 Å². The monoisotopic (exact) mass is 677 g/mol. The molecule has 14 nitrogen and oxygen atoms in total. The van der Waals surface area contributed by atoms with Crippen LogP contribution in [0.5, 0.6) is 28.7 Å². The summed E-state index contributed by atoms with van der Waals surface area (Å²) in [6.45, 7) is -0.217. The number of fused-ring (bicyclic) bond motifs is 6. The summed E-state index contributed by atoms with van der Waals surface area (Å²) < 4.78 is 29.2. The van der Waals surface area contributed by atoms with Gasteiger partial charge in [0.05, 0.1) is 16.7 Å². The molecule has 6 atom stereocenters. The minimum atomic E-state index is -1.80. The van der Waals surface area contributed by atoms with E-state index in [1.807, 2.05) is 0 Å². The maximum atomic E-state index is 13.8. The Balaban J connectivity index is 1.51. The molecule has 1 amide bonds. The van der Waals surface area contributed by atoms with Crippen LogP contribution in [0.2, 0.25) is 10.0 Å². The molecule has 0 radical (unpaired) electrons. The number of hydrogen-bond donors (Lipinski definition) is 6. The molecule has 6 N–H and O–H groups in total. The van der Waals surface area contributed by atoms with Crippen molar-refractivity contribution in [1.82, 2.24) is 5.32 Å². The van der Waals surface area contributed by atoms with Crippen molar-refractivity contribution in [2.75, 3.05) is 13.2 Å². The van der Waals surface area contributed by atoms with Crippen LogP contribution in [-0.4, -0.2) is 87.2 Å². The van der Waals surface area contributed by atoms with Gasteiger partial charge in [-0.15, -0.1) is 0 Å². The second-order valence-corrected chi connectivity index (χ2v) is 11.5. The maximum absolute atomic E-state index is 13.8. The van der Waals surface area contributed by atoms with Crippen LogP contribution in [0.3, 0.4) is 0 Å². The average molecular weight is 678 g/mol. The molecule has 242 valence electrons. The number of aliphatic carboxylic acids is 1. The fourth-order valence-electron chi connectivity index (χ4n) is 5.78. The molecule has 0 bridgehead atoms. The van der Waals surface area contributed by atoms with Crippen molar-refractivity contribution in [3.63, 3.8) is 0 Å². The number of aliphatic hydroxyl groups is 3. The number of carboxylic acid groups (broad SMARTS) is 1. The van der Waals surface area contributed by atoms with Crippen LogP contribution in [0.25, 0.3) is 0 Å². The smallest absolute Gasteiger partial charge is 0.343 e. The number of halogens is 2. The molecule has 3 aliphatic heterocycles. The van der Waals surface area contributed by atoms with E-state index in [0.717, 1.165) is 0 Å². The predicted octanol–water partition coefficient (Wildman–Crippen LogP) is 2.05. The van der Waals surface area contributed by atoms with E-state index < -0.39 is 67.3 Å². The van der Waals surface area contributed by atoms with Gasteiger partial charge in [0.15, 0.2) is 12.2 Å². The van der Waals surface area contributed by atoms with Crippen LogP contribution in [0.15, 0.2) is 42.5 Å². The van der Waals surface area contributed by atoms with Gasteiger partial charge in [0.25, 0.3) is 0 Å². The molecular weight excluding hydrogens is 653 g/mol. The van der Waals surface area contributed by atoms with Crippen molar-refractivity contribution in [3.05, 3.63) is 74.8 Å². The standard InChI is InChI=1S/C30H25Cl2NO13/c1-11(35)33-25-27(40)26(39)22(9-34)45-29(25)44-18-4-2-3-12-24(18)28(41)46-30(12)13-5-15(31)17(36)7-19(13)43-20-8-21(42-10-23(37)38)16(32)6-14(20)30/h2-8,22,25-27,29,34,36,39-40H,9-10H2,1H3,(H,33,35)(H,37,38)/t22-,25-,26-,27-,29?,30?/m1/s1. The maximum Gasteiger partial charge on any atom is 0.343 e. The zero-order valence-electron chi connectivity index (χ0n) is 23.6. The Morgan fingerprint density at radius 2 is 1.70 bits per heavy atom. The van der Waals surface area contributed by atoms with Crippen molar-refractivity contribution in [1.29, 1.82) is 0 Å². The Bertz CT molecular complexity index is 1770. The molecule has 3 aliphatic rings. The van der Waals surface area contributed by atoms with Crippen molar-refractivity contribution >= 4 is 41.0 Å². The quantitative estimate of drug-likeness (QED) is 0.198. The van der Waals surface area contributed by atoms with Crippen LogP contribution in [0, 0.1) is 0 Å². The van der Waals surface area contributed by atoms with Gasteiger partial charge in [0, 0.05) is 35.7 Å². The molecule has 46 heavy (non-hydrogen) atoms. The highest BCUT2D eigenvalue weighted by Gasteiger charge is 2.56. The first-order valence-corrected chi connectivity index (χ1v) is 14.4. The van der Waals surface area contributed by atoms with Gasteiger partial charge in [-0.2, -0.15) is 0 Å². The topological polar surface area (TPSA) is 211 Å². The van der Waals surface area contributed by atoms with Crippen molar-refractivity contribution in [2.45, 2.75) is 43.2 Å². The molecule has 0 aromatic heterocycles. The lowest BCUT2D eigenvalue weighted by atomic mass is 9.77. The van der Waals surface area contributed by atoms with Gasteiger partial charge in [-0.3, -0.25) is 4.79 Å². The summed E-state index contributed by atoms with van der Waals surface area (Å²) in [5.74, 6) is -3.11. The van der Waals surface area contributed by atoms with Crippen molar-refractivity contribution in [2.24, 2.45) is 0 Å². The number of amides is 1. The number of rotatable bonds is 7. The van der Waals surface area contributed by atoms with E-state index in [-0.39, 0.29) is 61.0 Å². The number of esters is 1. The van der Waals surface area contributed by atoms with Crippen LogP contribution in [0.4, 0.5) is 0 Å². The van der Waals surface area contributed by atoms with E-state index in [9.17, 15) is 34.8 Å². The van der Waals surface area contributed by atoms with E-state index in [0.29, 0.717) is 0 Å². The zero-order chi connectivity index (χ0) is 33.1. The molecule has 1 saturated heterocycles. The lowest BCUT2D eigenvalue weighted by molar-refractivity contribution is -0.244. The van der Waals surface area contributed by atoms with Gasteiger partial charge < -0.3 is 54.5 Å². The molecule has 3 aromatic carbocycles. The van der Waals surface area contributed by atoms with E-state index in [1.165, 1.54) is 43.3 Å². The zero-order valence-corrected chi connectivity index (χ0v) is 25.1. The number of phenolic OH excluding ortho intramolecular Hbond substituents is 1. The van der Waals surface area contributed by atoms with Gasteiger partial charge in [0.1, 0.15) is 58.7 Å². The molecule has 6 rings (SSSR count). The second-order valence-electron chi connectivity index (χ2n) is 10.7. The second kappa shape index (κ2) is 11.8. The van der Waals surface area contributed by atoms with Gasteiger partial charge in [-0.05, 0) is 18.2 Å². The third-order valence-electron chi connectivity index (χ3n) is 7.76. The average Bonchev–Trinajstić information content (AvgIpc) is 3.30. The minimum absolute atomic E-state index is 0.0375. The lowest BCUT2D eigenvalue weighted by Gasteiger charge is -2.42. The highest BCUT2D eigenvalue weighted by atomic mass is 35.5. The van der Waals surface area contributed by atoms with Crippen molar-refractivity contribution < 1.29 is 63.6 Å². The molecule has 3 heterocycles. The van der Waals surface area contributed by atoms with Crippen LogP contribution >= 0.6 is 23.2 Å². The third kappa shape index (κ3) is 5.12. The minimum Gasteiger partial charge on any atom is -0.506 e. The summed E-state index contributed by atoms with van der Waals surface area (Å²) in [5.41, 5.74) is -1.29. The normalized spacial score (nSPS) is 25.9. The SMILES string of the molecule is CC(=O)N[C@H]1C(Oc2cccc3c2C(=O)OC32c3cc(Cl)c(O)cc3Oc3cc(OCC(=O)O)c(Cl)cc32)O[C@H](CO)[C@@H](O)[C@@H]1O. The van der Waals surface area contributed by atoms with E-state index in [1.54, 1.807) is 6.07 Å². The first-order chi connectivity index (χ1) is 21.8. The summed E-state index contributed by atoms with van der Waals surface area (Å²) in [6, 6.07) is 8.48. The molecule has 1 spiro atoms. The summed E-state index contributed by atoms with van der Waals surface area (Å²) in [5, 5.41) is 52.7. The lowest BCUT2D eigenvalue weighted by Crippen LogP contribution is -2.65. The number of aliphatic hydroxyl groups excluding tert-OH is 3. The number of phenols is 1. The molecule has 3 aromatic rings. The molecule has 2 unspecified atom stereocenters. The number of ether oxygens (including phenoxy) is 5. The van der Waals surface area contributed by atoms with Gasteiger partial charge in [-0.1, -0.05) is 35.3 Å². The summed E-state index contributed by atoms with van der Waals surface area (Å²) >= 11 is 12.8. The molecule has 0 aliphatic carbocycles. The van der Waals surface area contributed by atoms with Crippen LogP contribution in [-0.2, 0) is 24.7 Å². The van der Waals surface area contributed by atoms with E-state index >= 15 is 0 Å². The fourth-order valence-corrected chi connectivity index (χ4v) is 6.17. The number of hydrogen-bond acceptors (Lipinski definition) is 12. The van der Waals surface area contributed by atoms with E-state index in [2.05, 4.69) is 5.32 Å². The Morgan fingerprint density at radius 3 is 2.37 bits per heavy atom. The van der Waals surface area contributed by atoms with Gasteiger partial charge in [-0.25, -0.2) is 9.59 Å². The molecular formula is C30H25Cl2NO13. The highest BCUT2D eigenvalue weighted by Crippen LogP contribution is 2.59. The van der Waals surface area contributed by atoms with E-state index in [4.69, 9.17) is 52.0 Å². The number of nitrogens with one attached hydrogen (secondary N) is 1. The first kappa shape index (κ1) is 31.7. The first-order valence-electron chi connectivity index (χ1n) is 13.7. The number of aromatic hydroxyl groups is 1. The Kier molecular flexibility index (Phi) is 8.13. The number of carboxylic acids is 1.